The number of pyridine rings is 1. The third-order valence-corrected chi connectivity index (χ3v) is 3.05. The van der Waals surface area contributed by atoms with Crippen LogP contribution in [0.15, 0.2) is 12.1 Å². The Morgan fingerprint density at radius 1 is 1.38 bits per heavy atom. The van der Waals surface area contributed by atoms with Gasteiger partial charge in [-0.05, 0) is 18.6 Å². The number of aryl methyl sites for hydroxylation is 1. The zero-order valence-corrected chi connectivity index (χ0v) is 10.0. The molecule has 1 aliphatic rings. The Morgan fingerprint density at radius 3 is 2.62 bits per heavy atom. The van der Waals surface area contributed by atoms with Crippen LogP contribution in [0.4, 0.5) is 0 Å². The number of hydrogen-bond donors (Lipinski definition) is 1. The highest BCUT2D eigenvalue weighted by Gasteiger charge is 2.37. The Labute approximate surface area is 96.0 Å². The van der Waals surface area contributed by atoms with Gasteiger partial charge in [-0.2, -0.15) is 0 Å². The average molecular weight is 222 g/mol. The molecule has 4 heteroatoms. The van der Waals surface area contributed by atoms with Gasteiger partial charge in [-0.1, -0.05) is 0 Å². The highest BCUT2D eigenvalue weighted by Crippen LogP contribution is 2.23. The minimum atomic E-state index is -0.0429. The molecule has 2 rings (SSSR count). The van der Waals surface area contributed by atoms with Crippen LogP contribution >= 0.6 is 0 Å². The molecule has 4 nitrogen and oxygen atoms in total. The first-order valence-electron chi connectivity index (χ1n) is 5.45. The van der Waals surface area contributed by atoms with E-state index in [2.05, 4.69) is 16.4 Å². The molecule has 88 valence electrons. The maximum absolute atomic E-state index is 5.57. The molecule has 0 aromatic carbocycles. The highest BCUT2D eigenvalue weighted by molar-refractivity contribution is 5.27. The molecule has 0 amide bonds. The van der Waals surface area contributed by atoms with Crippen LogP contribution in [-0.2, 0) is 11.2 Å². The smallest absolute Gasteiger partial charge is 0.213 e. The molecular weight excluding hydrogens is 204 g/mol. The molecule has 0 saturated carbocycles. The minimum absolute atomic E-state index is 0.0429. The van der Waals surface area contributed by atoms with Crippen molar-refractivity contribution in [3.63, 3.8) is 0 Å². The summed E-state index contributed by atoms with van der Waals surface area (Å²) in [6.07, 6.45) is 0.899. The van der Waals surface area contributed by atoms with Gasteiger partial charge in [0.1, 0.15) is 0 Å². The van der Waals surface area contributed by atoms with Crippen molar-refractivity contribution < 1.29 is 9.47 Å². The van der Waals surface area contributed by atoms with Crippen molar-refractivity contribution >= 4 is 0 Å². The molecule has 0 radical (unpaired) electrons. The molecule has 2 heterocycles. The Balaban J connectivity index is 2.17. The van der Waals surface area contributed by atoms with Crippen molar-refractivity contribution in [3.05, 3.63) is 23.4 Å². The lowest BCUT2D eigenvalue weighted by atomic mass is 9.89. The minimum Gasteiger partial charge on any atom is -0.481 e. The fraction of sp³-hybridized carbons (Fsp3) is 0.583. The summed E-state index contributed by atoms with van der Waals surface area (Å²) >= 11 is 0. The van der Waals surface area contributed by atoms with Gasteiger partial charge in [0.2, 0.25) is 5.88 Å². The molecule has 1 fully saturated rings. The molecule has 0 bridgehead atoms. The van der Waals surface area contributed by atoms with Gasteiger partial charge in [0.05, 0.1) is 12.7 Å². The van der Waals surface area contributed by atoms with E-state index in [-0.39, 0.29) is 5.60 Å². The van der Waals surface area contributed by atoms with Crippen LogP contribution in [-0.4, -0.2) is 37.9 Å². The van der Waals surface area contributed by atoms with Crippen molar-refractivity contribution in [1.82, 2.24) is 10.3 Å². The molecule has 0 aliphatic carbocycles. The van der Waals surface area contributed by atoms with Gasteiger partial charge in [0.15, 0.2) is 0 Å². The number of methoxy groups -OCH3 is 2. The average Bonchev–Trinajstić information content (AvgIpc) is 2.22. The third kappa shape index (κ3) is 2.18. The molecule has 1 aromatic rings. The topological polar surface area (TPSA) is 43.4 Å². The summed E-state index contributed by atoms with van der Waals surface area (Å²) in [5.74, 6) is 0.675. The lowest BCUT2D eigenvalue weighted by molar-refractivity contribution is -0.0502. The fourth-order valence-corrected chi connectivity index (χ4v) is 2.03. The van der Waals surface area contributed by atoms with Gasteiger partial charge in [0.25, 0.3) is 0 Å². The zero-order chi connectivity index (χ0) is 11.6. The molecule has 1 aromatic heterocycles. The van der Waals surface area contributed by atoms with Crippen LogP contribution in [0.2, 0.25) is 0 Å². The molecule has 0 spiro atoms. The van der Waals surface area contributed by atoms with Gasteiger partial charge in [-0.15, -0.1) is 0 Å². The number of ether oxygens (including phenoxy) is 2. The number of aromatic nitrogens is 1. The second-order valence-electron chi connectivity index (χ2n) is 4.33. The van der Waals surface area contributed by atoms with Crippen molar-refractivity contribution in [3.8, 4) is 5.88 Å². The van der Waals surface area contributed by atoms with Crippen LogP contribution < -0.4 is 10.1 Å². The predicted octanol–water partition coefficient (Wildman–Crippen LogP) is 0.930. The van der Waals surface area contributed by atoms with Crippen LogP contribution in [0.5, 0.6) is 5.88 Å². The third-order valence-electron chi connectivity index (χ3n) is 3.05. The fourth-order valence-electron chi connectivity index (χ4n) is 2.03. The first kappa shape index (κ1) is 11.4. The lowest BCUT2D eigenvalue weighted by Gasteiger charge is -2.41. The van der Waals surface area contributed by atoms with E-state index in [1.807, 2.05) is 13.0 Å². The lowest BCUT2D eigenvalue weighted by Crippen LogP contribution is -2.61. The van der Waals surface area contributed by atoms with E-state index in [0.717, 1.165) is 25.2 Å². The van der Waals surface area contributed by atoms with Gasteiger partial charge in [-0.25, -0.2) is 4.98 Å². The van der Waals surface area contributed by atoms with E-state index in [1.54, 1.807) is 14.2 Å². The summed E-state index contributed by atoms with van der Waals surface area (Å²) in [6, 6.07) is 4.06. The maximum Gasteiger partial charge on any atom is 0.213 e. The SMILES string of the molecule is COc1cc(CC2(OC)CNC2)cc(C)n1. The standard InChI is InChI=1S/C12H18N2O2/c1-9-4-10(5-11(14-9)15-2)6-12(16-3)7-13-8-12/h4-5,13H,6-8H2,1-3H3. The molecule has 1 aliphatic heterocycles. The van der Waals surface area contributed by atoms with Gasteiger partial charge in [0, 0.05) is 38.4 Å². The van der Waals surface area contributed by atoms with Crippen molar-refractivity contribution in [2.45, 2.75) is 18.9 Å². The molecule has 1 saturated heterocycles. The van der Waals surface area contributed by atoms with E-state index >= 15 is 0 Å². The zero-order valence-electron chi connectivity index (χ0n) is 10.0. The summed E-state index contributed by atoms with van der Waals surface area (Å²) in [6.45, 7) is 3.80. The molecule has 0 unspecified atom stereocenters. The van der Waals surface area contributed by atoms with E-state index in [0.29, 0.717) is 5.88 Å². The second-order valence-corrected chi connectivity index (χ2v) is 4.33. The monoisotopic (exact) mass is 222 g/mol. The van der Waals surface area contributed by atoms with E-state index in [4.69, 9.17) is 9.47 Å². The molecule has 16 heavy (non-hydrogen) atoms. The number of rotatable bonds is 4. The highest BCUT2D eigenvalue weighted by atomic mass is 16.5. The van der Waals surface area contributed by atoms with Crippen molar-refractivity contribution in [2.24, 2.45) is 0 Å². The van der Waals surface area contributed by atoms with Gasteiger partial charge >= 0.3 is 0 Å². The predicted molar refractivity (Wildman–Crippen MR) is 61.8 cm³/mol. The van der Waals surface area contributed by atoms with Crippen LogP contribution in [0.1, 0.15) is 11.3 Å². The molecule has 0 atom stereocenters. The normalized spacial score (nSPS) is 17.9. The number of hydrogen-bond acceptors (Lipinski definition) is 4. The Kier molecular flexibility index (Phi) is 3.12. The summed E-state index contributed by atoms with van der Waals surface area (Å²) in [4.78, 5) is 4.27. The molecule has 1 N–H and O–H groups in total. The maximum atomic E-state index is 5.57. The summed E-state index contributed by atoms with van der Waals surface area (Å²) in [5, 5.41) is 3.24. The number of nitrogens with one attached hydrogen (secondary N) is 1. The summed E-state index contributed by atoms with van der Waals surface area (Å²) in [5.41, 5.74) is 2.15. The Morgan fingerprint density at radius 2 is 2.12 bits per heavy atom. The van der Waals surface area contributed by atoms with Crippen molar-refractivity contribution in [2.75, 3.05) is 27.3 Å². The first-order valence-corrected chi connectivity index (χ1v) is 5.45. The second kappa shape index (κ2) is 4.39. The van der Waals surface area contributed by atoms with E-state index in [9.17, 15) is 0 Å². The quantitative estimate of drug-likeness (QED) is 0.823. The van der Waals surface area contributed by atoms with Crippen LogP contribution in [0, 0.1) is 6.92 Å². The van der Waals surface area contributed by atoms with Crippen LogP contribution in [0.3, 0.4) is 0 Å². The largest absolute Gasteiger partial charge is 0.481 e. The molecular formula is C12H18N2O2. The summed E-state index contributed by atoms with van der Waals surface area (Å²) < 4.78 is 10.7. The van der Waals surface area contributed by atoms with E-state index in [1.165, 1.54) is 5.56 Å². The number of nitrogens with zero attached hydrogens (tertiary/aromatic N) is 1. The van der Waals surface area contributed by atoms with Gasteiger partial charge < -0.3 is 14.8 Å². The van der Waals surface area contributed by atoms with Gasteiger partial charge in [-0.3, -0.25) is 0 Å². The Hall–Kier alpha value is -1.13. The summed E-state index contributed by atoms with van der Waals surface area (Å²) in [7, 11) is 3.41. The van der Waals surface area contributed by atoms with E-state index < -0.39 is 0 Å². The van der Waals surface area contributed by atoms with Crippen LogP contribution in [0.25, 0.3) is 0 Å². The Bertz CT molecular complexity index is 370. The van der Waals surface area contributed by atoms with Crippen molar-refractivity contribution in [1.29, 1.82) is 0 Å². The first-order chi connectivity index (χ1) is 7.67.